The number of alkyl halides is 3. The molecule has 1 aliphatic carbocycles. The molecule has 0 atom stereocenters. The lowest BCUT2D eigenvalue weighted by Crippen LogP contribution is -2.40. The maximum Gasteiger partial charge on any atom is 0.391 e. The maximum atomic E-state index is 12.6. The molecular weight excluding hydrogens is 311 g/mol. The van der Waals surface area contributed by atoms with Gasteiger partial charge in [0.05, 0.1) is 11.5 Å². The topological polar surface area (TPSA) is 71.1 Å². The molecule has 0 unspecified atom stereocenters. The van der Waals surface area contributed by atoms with E-state index in [4.69, 9.17) is 0 Å². The minimum absolute atomic E-state index is 0.0301. The molecule has 23 heavy (non-hydrogen) atoms. The molecule has 1 saturated carbocycles. The second kappa shape index (κ2) is 6.97. The molecule has 5 nitrogen and oxygen atoms in total. The van der Waals surface area contributed by atoms with Crippen LogP contribution in [0.5, 0.6) is 0 Å². The zero-order valence-electron chi connectivity index (χ0n) is 12.6. The van der Waals surface area contributed by atoms with Crippen molar-refractivity contribution < 1.29 is 22.8 Å². The van der Waals surface area contributed by atoms with Crippen LogP contribution in [-0.2, 0) is 0 Å². The van der Waals surface area contributed by atoms with Gasteiger partial charge in [-0.3, -0.25) is 14.6 Å². The predicted octanol–water partition coefficient (Wildman–Crippen LogP) is 2.29. The van der Waals surface area contributed by atoms with Gasteiger partial charge in [-0.25, -0.2) is 0 Å². The third-order valence-electron chi connectivity index (χ3n) is 4.01. The fourth-order valence-corrected chi connectivity index (χ4v) is 2.62. The van der Waals surface area contributed by atoms with E-state index in [0.29, 0.717) is 12.8 Å². The van der Waals surface area contributed by atoms with Crippen molar-refractivity contribution in [3.63, 3.8) is 0 Å². The number of hydrogen-bond donors (Lipinski definition) is 2. The van der Waals surface area contributed by atoms with Gasteiger partial charge in [0.2, 0.25) is 0 Å². The summed E-state index contributed by atoms with van der Waals surface area (Å²) in [5.41, 5.74) is 0.463. The Hall–Kier alpha value is -2.12. The van der Waals surface area contributed by atoms with Crippen molar-refractivity contribution in [2.75, 3.05) is 7.05 Å². The fraction of sp³-hybridized carbons (Fsp3) is 0.533. The monoisotopic (exact) mass is 329 g/mol. The van der Waals surface area contributed by atoms with E-state index >= 15 is 0 Å². The van der Waals surface area contributed by atoms with E-state index in [2.05, 4.69) is 15.6 Å². The molecule has 0 radical (unpaired) electrons. The van der Waals surface area contributed by atoms with Crippen LogP contribution in [0.25, 0.3) is 0 Å². The number of pyridine rings is 1. The first-order valence-electron chi connectivity index (χ1n) is 7.37. The molecule has 1 heterocycles. The van der Waals surface area contributed by atoms with Crippen molar-refractivity contribution in [2.45, 2.75) is 37.9 Å². The molecule has 0 aromatic carbocycles. The van der Waals surface area contributed by atoms with Gasteiger partial charge in [0.25, 0.3) is 11.8 Å². The van der Waals surface area contributed by atoms with Crippen LogP contribution in [0.1, 0.15) is 46.5 Å². The van der Waals surface area contributed by atoms with Crippen molar-refractivity contribution in [1.82, 2.24) is 15.6 Å². The molecule has 2 N–H and O–H groups in total. The smallest absolute Gasteiger partial charge is 0.354 e. The minimum Gasteiger partial charge on any atom is -0.354 e. The Morgan fingerprint density at radius 2 is 1.78 bits per heavy atom. The van der Waals surface area contributed by atoms with Crippen LogP contribution in [0.15, 0.2) is 18.3 Å². The van der Waals surface area contributed by atoms with E-state index < -0.39 is 18.0 Å². The molecule has 1 aromatic rings. The number of hydrogen-bond acceptors (Lipinski definition) is 3. The number of nitrogens with zero attached hydrogens (tertiary/aromatic N) is 1. The van der Waals surface area contributed by atoms with Crippen LogP contribution in [0.3, 0.4) is 0 Å². The summed E-state index contributed by atoms with van der Waals surface area (Å²) in [6.07, 6.45) is -2.21. The van der Waals surface area contributed by atoms with Gasteiger partial charge in [-0.2, -0.15) is 13.2 Å². The highest BCUT2D eigenvalue weighted by molar-refractivity contribution is 5.96. The Bertz CT molecular complexity index is 564. The highest BCUT2D eigenvalue weighted by Crippen LogP contribution is 2.37. The number of nitrogens with one attached hydrogen (secondary N) is 2. The van der Waals surface area contributed by atoms with Crippen LogP contribution in [0.2, 0.25) is 0 Å². The number of carbonyl (C=O) groups excluding carboxylic acids is 2. The summed E-state index contributed by atoms with van der Waals surface area (Å²) in [7, 11) is 1.47. The number of rotatable bonds is 3. The van der Waals surface area contributed by atoms with Crippen LogP contribution in [0, 0.1) is 5.92 Å². The van der Waals surface area contributed by atoms with E-state index in [1.807, 2.05) is 0 Å². The number of carbonyl (C=O) groups is 2. The van der Waals surface area contributed by atoms with Gasteiger partial charge in [-0.05, 0) is 37.8 Å². The lowest BCUT2D eigenvalue weighted by Gasteiger charge is -2.30. The minimum atomic E-state index is -4.16. The highest BCUT2D eigenvalue weighted by atomic mass is 19.4. The van der Waals surface area contributed by atoms with Crippen LogP contribution in [0.4, 0.5) is 13.2 Å². The number of halogens is 3. The van der Waals surface area contributed by atoms with Crippen molar-refractivity contribution in [3.05, 3.63) is 29.6 Å². The average molecular weight is 329 g/mol. The molecule has 126 valence electrons. The first-order chi connectivity index (χ1) is 10.8. The molecule has 1 fully saturated rings. The van der Waals surface area contributed by atoms with E-state index in [0.717, 1.165) is 0 Å². The Kier molecular flexibility index (Phi) is 5.23. The van der Waals surface area contributed by atoms with E-state index in [9.17, 15) is 22.8 Å². The predicted molar refractivity (Wildman–Crippen MR) is 76.9 cm³/mol. The summed E-state index contributed by atoms with van der Waals surface area (Å²) in [5, 5.41) is 5.14. The summed E-state index contributed by atoms with van der Waals surface area (Å²) in [4.78, 5) is 27.3. The maximum absolute atomic E-state index is 12.6. The van der Waals surface area contributed by atoms with Crippen LogP contribution in [-0.4, -0.2) is 36.1 Å². The second-order valence-electron chi connectivity index (χ2n) is 5.57. The van der Waals surface area contributed by atoms with Gasteiger partial charge in [0.1, 0.15) is 5.69 Å². The Morgan fingerprint density at radius 3 is 2.26 bits per heavy atom. The van der Waals surface area contributed by atoms with Crippen molar-refractivity contribution in [2.24, 2.45) is 5.92 Å². The standard InChI is InChI=1S/C15H18F3N3O2/c1-19-14(23)12-7-2-9(8-20-12)13(22)21-11-5-3-10(4-6-11)15(16,17)18/h2,7-8,10-11H,3-6H2,1H3,(H,19,23)(H,21,22). The number of amides is 2. The Labute approximate surface area is 131 Å². The van der Waals surface area contributed by atoms with Crippen molar-refractivity contribution in [3.8, 4) is 0 Å². The van der Waals surface area contributed by atoms with Crippen LogP contribution < -0.4 is 10.6 Å². The first-order valence-corrected chi connectivity index (χ1v) is 7.37. The molecule has 0 spiro atoms. The van der Waals surface area contributed by atoms with Crippen molar-refractivity contribution in [1.29, 1.82) is 0 Å². The summed E-state index contributed by atoms with van der Waals surface area (Å²) in [6.45, 7) is 0. The molecule has 2 amide bonds. The Morgan fingerprint density at radius 1 is 1.13 bits per heavy atom. The van der Waals surface area contributed by atoms with E-state index in [1.165, 1.54) is 25.4 Å². The zero-order chi connectivity index (χ0) is 17.0. The molecule has 8 heteroatoms. The average Bonchev–Trinajstić information content (AvgIpc) is 2.54. The fourth-order valence-electron chi connectivity index (χ4n) is 2.62. The van der Waals surface area contributed by atoms with Gasteiger partial charge >= 0.3 is 6.18 Å². The third kappa shape index (κ3) is 4.43. The zero-order valence-corrected chi connectivity index (χ0v) is 12.6. The number of aromatic nitrogens is 1. The van der Waals surface area contributed by atoms with Gasteiger partial charge in [0, 0.05) is 19.3 Å². The van der Waals surface area contributed by atoms with Gasteiger partial charge in [-0.15, -0.1) is 0 Å². The lowest BCUT2D eigenvalue weighted by atomic mass is 9.85. The van der Waals surface area contributed by atoms with E-state index in [-0.39, 0.29) is 36.0 Å². The second-order valence-corrected chi connectivity index (χ2v) is 5.57. The van der Waals surface area contributed by atoms with Gasteiger partial charge < -0.3 is 10.6 Å². The Balaban J connectivity index is 1.89. The lowest BCUT2D eigenvalue weighted by molar-refractivity contribution is -0.182. The van der Waals surface area contributed by atoms with Gasteiger partial charge in [0.15, 0.2) is 0 Å². The summed E-state index contributed by atoms with van der Waals surface area (Å²) in [5.74, 6) is -2.02. The normalized spacial score (nSPS) is 21.6. The van der Waals surface area contributed by atoms with Crippen LogP contribution >= 0.6 is 0 Å². The first kappa shape index (κ1) is 17.2. The summed E-state index contributed by atoms with van der Waals surface area (Å²) < 4.78 is 37.8. The third-order valence-corrected chi connectivity index (χ3v) is 4.01. The van der Waals surface area contributed by atoms with E-state index in [1.54, 1.807) is 0 Å². The SMILES string of the molecule is CNC(=O)c1ccc(C(=O)NC2CCC(C(F)(F)F)CC2)cn1. The quantitative estimate of drug-likeness (QED) is 0.894. The molecule has 1 aliphatic rings. The largest absolute Gasteiger partial charge is 0.391 e. The molecule has 0 aliphatic heterocycles. The molecular formula is C15H18F3N3O2. The van der Waals surface area contributed by atoms with Crippen molar-refractivity contribution >= 4 is 11.8 Å². The van der Waals surface area contributed by atoms with Gasteiger partial charge in [-0.1, -0.05) is 0 Å². The molecule has 2 rings (SSSR count). The highest BCUT2D eigenvalue weighted by Gasteiger charge is 2.41. The molecule has 1 aromatic heterocycles. The summed E-state index contributed by atoms with van der Waals surface area (Å²) in [6, 6.07) is 2.63. The summed E-state index contributed by atoms with van der Waals surface area (Å²) >= 11 is 0. The molecule has 0 saturated heterocycles. The molecule has 0 bridgehead atoms.